The molecule has 1 aromatic carbocycles. The van der Waals surface area contributed by atoms with E-state index in [2.05, 4.69) is 5.32 Å². The monoisotopic (exact) mass is 360 g/mol. The molecule has 0 fully saturated rings. The Morgan fingerprint density at radius 2 is 2.00 bits per heavy atom. The second kappa shape index (κ2) is 9.96. The molecule has 5 nitrogen and oxygen atoms in total. The summed E-state index contributed by atoms with van der Waals surface area (Å²) in [6, 6.07) is 11.0. The normalized spacial score (nSPS) is 10.7. The van der Waals surface area contributed by atoms with Crippen molar-refractivity contribution in [3.8, 4) is 0 Å². The van der Waals surface area contributed by atoms with Crippen LogP contribution in [-0.2, 0) is 16.1 Å². The summed E-state index contributed by atoms with van der Waals surface area (Å²) in [7, 11) is 1.89. The number of hydrogen-bond donors (Lipinski definition) is 1. The molecule has 0 saturated heterocycles. The lowest BCUT2D eigenvalue weighted by molar-refractivity contribution is -0.117. The lowest BCUT2D eigenvalue weighted by Crippen LogP contribution is -2.30. The van der Waals surface area contributed by atoms with E-state index in [9.17, 15) is 9.59 Å². The number of amides is 1. The van der Waals surface area contributed by atoms with Crippen LogP contribution in [-0.4, -0.2) is 37.0 Å². The van der Waals surface area contributed by atoms with Crippen LogP contribution in [0.4, 0.5) is 5.69 Å². The molecule has 0 unspecified atom stereocenters. The molecular formula is C19H24N2O3S. The zero-order chi connectivity index (χ0) is 18.1. The summed E-state index contributed by atoms with van der Waals surface area (Å²) in [6.07, 6.45) is 1.79. The van der Waals surface area contributed by atoms with Crippen LogP contribution in [0.15, 0.2) is 41.8 Å². The van der Waals surface area contributed by atoms with E-state index in [-0.39, 0.29) is 12.5 Å². The van der Waals surface area contributed by atoms with E-state index >= 15 is 0 Å². The van der Waals surface area contributed by atoms with Gasteiger partial charge in [0.05, 0.1) is 24.4 Å². The van der Waals surface area contributed by atoms with Gasteiger partial charge in [-0.25, -0.2) is 4.79 Å². The molecule has 0 aliphatic heterocycles. The van der Waals surface area contributed by atoms with Crippen molar-refractivity contribution >= 4 is 28.9 Å². The highest BCUT2D eigenvalue weighted by molar-refractivity contribution is 7.09. The maximum Gasteiger partial charge on any atom is 0.340 e. The van der Waals surface area contributed by atoms with Gasteiger partial charge < -0.3 is 10.1 Å². The fourth-order valence-electron chi connectivity index (χ4n) is 2.32. The van der Waals surface area contributed by atoms with Crippen LogP contribution in [0.3, 0.4) is 0 Å². The van der Waals surface area contributed by atoms with Crippen molar-refractivity contribution in [2.75, 3.05) is 25.5 Å². The smallest absolute Gasteiger partial charge is 0.340 e. The first-order valence-corrected chi connectivity index (χ1v) is 9.25. The van der Waals surface area contributed by atoms with Gasteiger partial charge >= 0.3 is 5.97 Å². The molecular weight excluding hydrogens is 336 g/mol. The molecule has 1 aromatic heterocycles. The van der Waals surface area contributed by atoms with Gasteiger partial charge in [0.15, 0.2) is 0 Å². The quantitative estimate of drug-likeness (QED) is 0.546. The summed E-state index contributed by atoms with van der Waals surface area (Å²) >= 11 is 1.66. The number of ether oxygens (including phenoxy) is 1. The van der Waals surface area contributed by atoms with Gasteiger partial charge in [0.25, 0.3) is 0 Å². The van der Waals surface area contributed by atoms with Crippen molar-refractivity contribution in [2.45, 2.75) is 26.3 Å². The number of likely N-dealkylation sites (N-methyl/N-ethyl adjacent to an activating group) is 1. The summed E-state index contributed by atoms with van der Waals surface area (Å²) in [5.74, 6) is -0.566. The average Bonchev–Trinajstić information content (AvgIpc) is 3.08. The topological polar surface area (TPSA) is 58.6 Å². The number of benzene rings is 1. The molecule has 134 valence electrons. The van der Waals surface area contributed by atoms with Crippen LogP contribution in [0.1, 0.15) is 35.0 Å². The Kier molecular flexibility index (Phi) is 7.63. The Bertz CT molecular complexity index is 686. The van der Waals surface area contributed by atoms with Gasteiger partial charge in [0.1, 0.15) is 0 Å². The van der Waals surface area contributed by atoms with E-state index in [0.717, 1.165) is 12.8 Å². The number of thiophene rings is 1. The average molecular weight is 360 g/mol. The van der Waals surface area contributed by atoms with Crippen LogP contribution >= 0.6 is 11.3 Å². The number of hydrogen-bond acceptors (Lipinski definition) is 5. The van der Waals surface area contributed by atoms with Crippen molar-refractivity contribution in [2.24, 2.45) is 0 Å². The molecule has 2 rings (SSSR count). The molecule has 1 N–H and O–H groups in total. The molecule has 2 aromatic rings. The number of nitrogens with zero attached hydrogens (tertiary/aromatic N) is 1. The van der Waals surface area contributed by atoms with Gasteiger partial charge in [-0.15, -0.1) is 11.3 Å². The molecule has 1 amide bonds. The molecule has 0 atom stereocenters. The number of unbranched alkanes of at least 4 members (excludes halogenated alkanes) is 1. The first kappa shape index (κ1) is 19.1. The minimum absolute atomic E-state index is 0.159. The van der Waals surface area contributed by atoms with Gasteiger partial charge in [-0.05, 0) is 37.0 Å². The van der Waals surface area contributed by atoms with E-state index in [1.165, 1.54) is 4.88 Å². The van der Waals surface area contributed by atoms with Crippen LogP contribution in [0, 0.1) is 0 Å². The number of esters is 1. The highest BCUT2D eigenvalue weighted by Gasteiger charge is 2.15. The maximum absolute atomic E-state index is 12.3. The van der Waals surface area contributed by atoms with E-state index < -0.39 is 5.97 Å². The number of nitrogens with one attached hydrogen (secondary N) is 1. The number of para-hydroxylation sites is 1. The van der Waals surface area contributed by atoms with Crippen molar-refractivity contribution in [1.82, 2.24) is 4.90 Å². The zero-order valence-corrected chi connectivity index (χ0v) is 15.5. The molecule has 0 aliphatic carbocycles. The lowest BCUT2D eigenvalue weighted by atomic mass is 10.2. The molecule has 0 bridgehead atoms. The molecule has 25 heavy (non-hydrogen) atoms. The van der Waals surface area contributed by atoms with Gasteiger partial charge in [0, 0.05) is 11.4 Å². The van der Waals surface area contributed by atoms with Crippen LogP contribution in [0.2, 0.25) is 0 Å². The van der Waals surface area contributed by atoms with E-state index in [4.69, 9.17) is 4.74 Å². The number of carbonyl (C=O) groups is 2. The van der Waals surface area contributed by atoms with Gasteiger partial charge in [0.2, 0.25) is 5.91 Å². The largest absolute Gasteiger partial charge is 0.462 e. The predicted octanol–water partition coefficient (Wildman–Crippen LogP) is 3.78. The second-order valence-corrected chi connectivity index (χ2v) is 6.87. The van der Waals surface area contributed by atoms with Crippen molar-refractivity contribution in [1.29, 1.82) is 0 Å². The Morgan fingerprint density at radius 1 is 1.20 bits per heavy atom. The van der Waals surface area contributed by atoms with Gasteiger partial charge in [-0.3, -0.25) is 9.69 Å². The van der Waals surface area contributed by atoms with Gasteiger partial charge in [-0.2, -0.15) is 0 Å². The van der Waals surface area contributed by atoms with Crippen LogP contribution in [0.5, 0.6) is 0 Å². The van der Waals surface area contributed by atoms with E-state index in [0.29, 0.717) is 24.4 Å². The third kappa shape index (κ3) is 6.32. The number of rotatable bonds is 9. The first-order chi connectivity index (χ1) is 12.1. The summed E-state index contributed by atoms with van der Waals surface area (Å²) in [6.45, 7) is 3.39. The number of anilines is 1. The van der Waals surface area contributed by atoms with E-state index in [1.807, 2.05) is 36.4 Å². The second-order valence-electron chi connectivity index (χ2n) is 5.83. The fourth-order valence-corrected chi connectivity index (χ4v) is 3.10. The van der Waals surface area contributed by atoms with Crippen LogP contribution in [0.25, 0.3) is 0 Å². The molecule has 6 heteroatoms. The van der Waals surface area contributed by atoms with Gasteiger partial charge in [-0.1, -0.05) is 31.5 Å². The zero-order valence-electron chi connectivity index (χ0n) is 14.7. The third-order valence-corrected chi connectivity index (χ3v) is 4.43. The van der Waals surface area contributed by atoms with E-state index in [1.54, 1.807) is 35.6 Å². The lowest BCUT2D eigenvalue weighted by Gasteiger charge is -2.16. The maximum atomic E-state index is 12.3. The summed E-state index contributed by atoms with van der Waals surface area (Å²) in [4.78, 5) is 27.6. The van der Waals surface area contributed by atoms with Crippen molar-refractivity contribution in [3.05, 3.63) is 52.2 Å². The first-order valence-electron chi connectivity index (χ1n) is 8.37. The SMILES string of the molecule is CCCCOC(=O)c1ccccc1NC(=O)CN(C)Cc1cccs1. The third-order valence-electron chi connectivity index (χ3n) is 3.57. The molecule has 0 aliphatic rings. The molecule has 0 saturated carbocycles. The minimum atomic E-state index is -0.406. The summed E-state index contributed by atoms with van der Waals surface area (Å²) in [5.41, 5.74) is 0.867. The highest BCUT2D eigenvalue weighted by Crippen LogP contribution is 2.17. The standard InChI is InChI=1S/C19H24N2O3S/c1-3-4-11-24-19(23)16-9-5-6-10-17(16)20-18(22)14-21(2)13-15-8-7-12-25-15/h5-10,12H,3-4,11,13-14H2,1-2H3,(H,20,22). The Hall–Kier alpha value is -2.18. The Labute approximate surface area is 152 Å². The van der Waals surface area contributed by atoms with Crippen molar-refractivity contribution < 1.29 is 14.3 Å². The Balaban J connectivity index is 1.92. The highest BCUT2D eigenvalue weighted by atomic mass is 32.1. The Morgan fingerprint density at radius 3 is 2.72 bits per heavy atom. The molecule has 0 radical (unpaired) electrons. The van der Waals surface area contributed by atoms with Crippen LogP contribution < -0.4 is 5.32 Å². The fraction of sp³-hybridized carbons (Fsp3) is 0.368. The minimum Gasteiger partial charge on any atom is -0.462 e. The predicted molar refractivity (Wildman–Crippen MR) is 101 cm³/mol. The summed E-state index contributed by atoms with van der Waals surface area (Å²) < 4.78 is 5.24. The summed E-state index contributed by atoms with van der Waals surface area (Å²) in [5, 5.41) is 4.83. The molecule has 0 spiro atoms. The molecule has 1 heterocycles. The van der Waals surface area contributed by atoms with Crippen molar-refractivity contribution in [3.63, 3.8) is 0 Å². The number of carbonyl (C=O) groups excluding carboxylic acids is 2.